The van der Waals surface area contributed by atoms with E-state index >= 15 is 0 Å². The van der Waals surface area contributed by atoms with Crippen LogP contribution >= 0.6 is 11.6 Å². The van der Waals surface area contributed by atoms with Crippen molar-refractivity contribution in [2.75, 3.05) is 17.8 Å². The third-order valence-electron chi connectivity index (χ3n) is 2.32. The molecule has 0 spiro atoms. The van der Waals surface area contributed by atoms with Crippen molar-refractivity contribution in [3.63, 3.8) is 0 Å². The number of nitrogens with zero attached hydrogens (tertiary/aromatic N) is 1. The molecule has 0 aromatic carbocycles. The highest BCUT2D eigenvalue weighted by Crippen LogP contribution is 2.14. The maximum absolute atomic E-state index is 5.74. The van der Waals surface area contributed by atoms with E-state index in [0.717, 1.165) is 18.7 Å². The van der Waals surface area contributed by atoms with Crippen molar-refractivity contribution < 1.29 is 4.74 Å². The van der Waals surface area contributed by atoms with Gasteiger partial charge in [0, 0.05) is 18.0 Å². The number of ether oxygens (including phenoxy) is 1. The van der Waals surface area contributed by atoms with E-state index in [1.165, 1.54) is 0 Å². The molecule has 1 aromatic rings. The normalized spacial score (nSPS) is 12.2. The minimum atomic E-state index is 0.377. The average Bonchev–Trinajstić information content (AvgIpc) is 2.29. The number of aromatic nitrogens is 1. The first kappa shape index (κ1) is 13.1. The molecule has 0 saturated heterocycles. The lowest BCUT2D eigenvalue weighted by Crippen LogP contribution is -2.19. The summed E-state index contributed by atoms with van der Waals surface area (Å²) in [6, 6.07) is 6.12. The third-order valence-corrected chi connectivity index (χ3v) is 2.54. The fourth-order valence-electron chi connectivity index (χ4n) is 1.44. The quantitative estimate of drug-likeness (QED) is 0.745. The van der Waals surface area contributed by atoms with Gasteiger partial charge >= 0.3 is 0 Å². The van der Waals surface area contributed by atoms with Gasteiger partial charge < -0.3 is 10.1 Å². The van der Waals surface area contributed by atoms with Gasteiger partial charge in [-0.2, -0.15) is 4.98 Å². The summed E-state index contributed by atoms with van der Waals surface area (Å²) in [6.45, 7) is 4.72. The predicted octanol–water partition coefficient (Wildman–Crippen LogP) is 3.30. The number of rotatable bonds is 7. The summed E-state index contributed by atoms with van der Waals surface area (Å²) in [4.78, 5) is 4.36. The number of alkyl halides is 1. The topological polar surface area (TPSA) is 34.1 Å². The Kier molecular flexibility index (Phi) is 6.01. The monoisotopic (exact) mass is 242 g/mol. The van der Waals surface area contributed by atoms with Crippen LogP contribution in [0.4, 0.5) is 5.82 Å². The van der Waals surface area contributed by atoms with Gasteiger partial charge in [0.2, 0.25) is 5.88 Å². The highest BCUT2D eigenvalue weighted by Gasteiger charge is 2.06. The molecule has 90 valence electrons. The van der Waals surface area contributed by atoms with Crippen LogP contribution in [0.1, 0.15) is 26.7 Å². The molecule has 0 bridgehead atoms. The van der Waals surface area contributed by atoms with Crippen LogP contribution in [-0.4, -0.2) is 23.5 Å². The van der Waals surface area contributed by atoms with Gasteiger partial charge in [-0.1, -0.05) is 13.0 Å². The van der Waals surface area contributed by atoms with Crippen molar-refractivity contribution in [3.8, 4) is 5.88 Å². The Bertz CT molecular complexity index is 307. The van der Waals surface area contributed by atoms with Gasteiger partial charge in [-0.25, -0.2) is 0 Å². The number of anilines is 1. The first-order chi connectivity index (χ1) is 7.80. The van der Waals surface area contributed by atoms with Crippen molar-refractivity contribution in [2.24, 2.45) is 0 Å². The number of pyridine rings is 1. The molecule has 1 N–H and O–H groups in total. The molecule has 3 nitrogen and oxygen atoms in total. The summed E-state index contributed by atoms with van der Waals surface area (Å²) in [7, 11) is 0. The Morgan fingerprint density at radius 1 is 1.44 bits per heavy atom. The van der Waals surface area contributed by atoms with E-state index in [9.17, 15) is 0 Å². The first-order valence-corrected chi connectivity index (χ1v) is 6.26. The lowest BCUT2D eigenvalue weighted by atomic mass is 10.2. The average molecular weight is 243 g/mol. The molecule has 16 heavy (non-hydrogen) atoms. The Morgan fingerprint density at radius 2 is 2.25 bits per heavy atom. The Labute approximate surface area is 102 Å². The SMILES string of the molecule is CCOc1cccc(NC(CC)CCCl)n1. The van der Waals surface area contributed by atoms with E-state index in [2.05, 4.69) is 17.2 Å². The van der Waals surface area contributed by atoms with Crippen molar-refractivity contribution in [1.82, 2.24) is 4.98 Å². The van der Waals surface area contributed by atoms with E-state index in [0.29, 0.717) is 24.4 Å². The van der Waals surface area contributed by atoms with Crippen LogP contribution in [-0.2, 0) is 0 Å². The summed E-state index contributed by atoms with van der Waals surface area (Å²) >= 11 is 5.74. The second-order valence-corrected chi connectivity index (χ2v) is 3.90. The number of hydrogen-bond donors (Lipinski definition) is 1. The van der Waals surface area contributed by atoms with Crippen molar-refractivity contribution in [2.45, 2.75) is 32.7 Å². The van der Waals surface area contributed by atoms with Crippen molar-refractivity contribution >= 4 is 17.4 Å². The van der Waals surface area contributed by atoms with Gasteiger partial charge in [0.1, 0.15) is 5.82 Å². The molecule has 0 fully saturated rings. The molecule has 0 aliphatic rings. The molecule has 1 unspecified atom stereocenters. The van der Waals surface area contributed by atoms with Crippen LogP contribution in [0.5, 0.6) is 5.88 Å². The molecule has 1 atom stereocenters. The van der Waals surface area contributed by atoms with Gasteiger partial charge in [0.05, 0.1) is 6.61 Å². The van der Waals surface area contributed by atoms with E-state index in [4.69, 9.17) is 16.3 Å². The first-order valence-electron chi connectivity index (χ1n) is 5.72. The zero-order valence-electron chi connectivity index (χ0n) is 9.87. The maximum atomic E-state index is 5.74. The molecular formula is C12H19ClN2O. The molecule has 4 heteroatoms. The Hall–Kier alpha value is -0.960. The fourth-order valence-corrected chi connectivity index (χ4v) is 1.71. The molecule has 0 radical (unpaired) electrons. The third kappa shape index (κ3) is 4.27. The zero-order valence-corrected chi connectivity index (χ0v) is 10.6. The summed E-state index contributed by atoms with van der Waals surface area (Å²) in [5.41, 5.74) is 0. The van der Waals surface area contributed by atoms with Crippen molar-refractivity contribution in [1.29, 1.82) is 0 Å². The molecule has 0 saturated carbocycles. The second-order valence-electron chi connectivity index (χ2n) is 3.52. The lowest BCUT2D eigenvalue weighted by molar-refractivity contribution is 0.327. The highest BCUT2D eigenvalue weighted by molar-refractivity contribution is 6.17. The van der Waals surface area contributed by atoms with Gasteiger partial charge in [-0.3, -0.25) is 0 Å². The lowest BCUT2D eigenvalue weighted by Gasteiger charge is -2.16. The van der Waals surface area contributed by atoms with Crippen LogP contribution in [0, 0.1) is 0 Å². The Morgan fingerprint density at radius 3 is 2.88 bits per heavy atom. The van der Waals surface area contributed by atoms with E-state index in [1.807, 2.05) is 25.1 Å². The molecule has 1 rings (SSSR count). The molecule has 1 aromatic heterocycles. The maximum Gasteiger partial charge on any atom is 0.215 e. The predicted molar refractivity (Wildman–Crippen MR) is 68.4 cm³/mol. The summed E-state index contributed by atoms with van der Waals surface area (Å²) < 4.78 is 5.34. The highest BCUT2D eigenvalue weighted by atomic mass is 35.5. The van der Waals surface area contributed by atoms with Crippen LogP contribution in [0.3, 0.4) is 0 Å². The summed E-state index contributed by atoms with van der Waals surface area (Å²) in [5, 5.41) is 3.35. The minimum Gasteiger partial charge on any atom is -0.478 e. The van der Waals surface area contributed by atoms with Gasteiger partial charge in [-0.15, -0.1) is 11.6 Å². The minimum absolute atomic E-state index is 0.377. The molecule has 0 aliphatic heterocycles. The Balaban J connectivity index is 2.60. The molecule has 1 heterocycles. The number of halogens is 1. The smallest absolute Gasteiger partial charge is 0.215 e. The fraction of sp³-hybridized carbons (Fsp3) is 0.583. The van der Waals surface area contributed by atoms with E-state index < -0.39 is 0 Å². The second kappa shape index (κ2) is 7.34. The molecular weight excluding hydrogens is 224 g/mol. The van der Waals surface area contributed by atoms with Crippen LogP contribution in [0.2, 0.25) is 0 Å². The number of nitrogens with one attached hydrogen (secondary N) is 1. The standard InChI is InChI=1S/C12H19ClN2O/c1-3-10(8-9-13)14-11-6-5-7-12(15-11)16-4-2/h5-7,10H,3-4,8-9H2,1-2H3,(H,14,15). The largest absolute Gasteiger partial charge is 0.478 e. The zero-order chi connectivity index (χ0) is 11.8. The van der Waals surface area contributed by atoms with Crippen molar-refractivity contribution in [3.05, 3.63) is 18.2 Å². The van der Waals surface area contributed by atoms with Crippen LogP contribution < -0.4 is 10.1 Å². The van der Waals surface area contributed by atoms with Crippen LogP contribution in [0.15, 0.2) is 18.2 Å². The van der Waals surface area contributed by atoms with E-state index in [1.54, 1.807) is 0 Å². The van der Waals surface area contributed by atoms with E-state index in [-0.39, 0.29) is 0 Å². The molecule has 0 amide bonds. The van der Waals surface area contributed by atoms with Gasteiger partial charge in [-0.05, 0) is 25.8 Å². The van der Waals surface area contributed by atoms with Crippen LogP contribution in [0.25, 0.3) is 0 Å². The van der Waals surface area contributed by atoms with Gasteiger partial charge in [0.25, 0.3) is 0 Å². The molecule has 0 aliphatic carbocycles. The number of hydrogen-bond acceptors (Lipinski definition) is 3. The summed E-state index contributed by atoms with van der Waals surface area (Å²) in [5.74, 6) is 2.17. The summed E-state index contributed by atoms with van der Waals surface area (Å²) in [6.07, 6.45) is 1.98. The van der Waals surface area contributed by atoms with Gasteiger partial charge in [0.15, 0.2) is 0 Å².